The lowest BCUT2D eigenvalue weighted by Gasteiger charge is -2.05. The molecule has 2 aromatic rings. The molecule has 3 nitrogen and oxygen atoms in total. The van der Waals surface area contributed by atoms with E-state index >= 15 is 0 Å². The number of para-hydroxylation sites is 1. The summed E-state index contributed by atoms with van der Waals surface area (Å²) in [7, 11) is 0. The highest BCUT2D eigenvalue weighted by molar-refractivity contribution is 5.90. The number of benzene rings is 1. The van der Waals surface area contributed by atoms with E-state index in [4.69, 9.17) is 0 Å². The van der Waals surface area contributed by atoms with Crippen LogP contribution in [-0.2, 0) is 4.79 Å². The third-order valence-electron chi connectivity index (χ3n) is 1.95. The van der Waals surface area contributed by atoms with Gasteiger partial charge in [-0.1, -0.05) is 12.1 Å². The van der Waals surface area contributed by atoms with Crippen LogP contribution in [0.25, 0.3) is 10.9 Å². The number of hydrogen-bond donors (Lipinski definition) is 1. The molecule has 0 fully saturated rings. The Balaban J connectivity index is 2.48. The van der Waals surface area contributed by atoms with Gasteiger partial charge in [0.2, 0.25) is 0 Å². The van der Waals surface area contributed by atoms with E-state index in [9.17, 15) is 4.79 Å². The van der Waals surface area contributed by atoms with Gasteiger partial charge in [0.15, 0.2) is 0 Å². The lowest BCUT2D eigenvalue weighted by molar-refractivity contribution is -0.106. The minimum absolute atomic E-state index is 0.305. The first-order chi connectivity index (χ1) is 6.92. The smallest absolute Gasteiger partial charge is 0.139 e. The standard InChI is InChI=1S/C11H9N2O/c14-8-7-12-10-5-1-3-9-4-2-6-13-11(9)10/h1,3-6,8,12H,7H2. The molecule has 1 N–H and O–H groups in total. The monoisotopic (exact) mass is 185 g/mol. The molecule has 0 saturated heterocycles. The normalized spacial score (nSPS) is 10.0. The molecular formula is C11H9N2O. The molecule has 0 amide bonds. The van der Waals surface area contributed by atoms with Gasteiger partial charge in [-0.15, -0.1) is 0 Å². The Kier molecular flexibility index (Phi) is 2.40. The summed E-state index contributed by atoms with van der Waals surface area (Å²) < 4.78 is 0. The van der Waals surface area contributed by atoms with Crippen LogP contribution in [0.2, 0.25) is 0 Å². The summed E-state index contributed by atoms with van der Waals surface area (Å²) in [6.07, 6.45) is 2.45. The Morgan fingerprint density at radius 2 is 2.43 bits per heavy atom. The highest BCUT2D eigenvalue weighted by atomic mass is 16.1. The van der Waals surface area contributed by atoms with E-state index in [1.165, 1.54) is 0 Å². The Labute approximate surface area is 81.8 Å². The minimum Gasteiger partial charge on any atom is -0.376 e. The summed E-state index contributed by atoms with van der Waals surface area (Å²) in [5, 5.41) is 4.01. The first-order valence-corrected chi connectivity index (χ1v) is 4.34. The van der Waals surface area contributed by atoms with Crippen LogP contribution in [0, 0.1) is 6.07 Å². The molecule has 3 heteroatoms. The topological polar surface area (TPSA) is 42.0 Å². The first-order valence-electron chi connectivity index (χ1n) is 4.34. The van der Waals surface area contributed by atoms with Gasteiger partial charge in [0.25, 0.3) is 0 Å². The van der Waals surface area contributed by atoms with Crippen molar-refractivity contribution >= 4 is 22.9 Å². The fourth-order valence-corrected chi connectivity index (χ4v) is 1.35. The van der Waals surface area contributed by atoms with E-state index in [0.29, 0.717) is 6.54 Å². The summed E-state index contributed by atoms with van der Waals surface area (Å²) >= 11 is 0. The molecule has 1 aromatic heterocycles. The molecule has 0 saturated carbocycles. The second-order valence-corrected chi connectivity index (χ2v) is 2.86. The maximum absolute atomic E-state index is 10.2. The number of rotatable bonds is 3. The van der Waals surface area contributed by atoms with Crippen molar-refractivity contribution in [2.45, 2.75) is 0 Å². The van der Waals surface area contributed by atoms with Crippen molar-refractivity contribution < 1.29 is 4.79 Å². The Morgan fingerprint density at radius 1 is 1.50 bits per heavy atom. The minimum atomic E-state index is 0.305. The number of hydrogen-bond acceptors (Lipinski definition) is 3. The van der Waals surface area contributed by atoms with Crippen molar-refractivity contribution in [3.05, 3.63) is 36.5 Å². The van der Waals surface area contributed by atoms with E-state index in [1.54, 1.807) is 6.20 Å². The van der Waals surface area contributed by atoms with Crippen LogP contribution in [0.15, 0.2) is 30.5 Å². The van der Waals surface area contributed by atoms with Gasteiger partial charge >= 0.3 is 0 Å². The Bertz CT molecular complexity index is 448. The lowest BCUT2D eigenvalue weighted by Crippen LogP contribution is -2.02. The van der Waals surface area contributed by atoms with Crippen molar-refractivity contribution in [2.75, 3.05) is 11.9 Å². The number of anilines is 1. The van der Waals surface area contributed by atoms with Crippen LogP contribution in [0.5, 0.6) is 0 Å². The third kappa shape index (κ3) is 1.57. The SMILES string of the molecule is O=CCNc1cccc2c[c]cnc12. The average Bonchev–Trinajstić information content (AvgIpc) is 2.26. The van der Waals surface area contributed by atoms with E-state index < -0.39 is 0 Å². The molecule has 1 radical (unpaired) electrons. The van der Waals surface area contributed by atoms with Crippen molar-refractivity contribution in [2.24, 2.45) is 0 Å². The predicted molar refractivity (Wildman–Crippen MR) is 55.1 cm³/mol. The van der Waals surface area contributed by atoms with Gasteiger partial charge < -0.3 is 10.1 Å². The highest BCUT2D eigenvalue weighted by Crippen LogP contribution is 2.19. The zero-order valence-corrected chi connectivity index (χ0v) is 7.53. The van der Waals surface area contributed by atoms with Crippen molar-refractivity contribution in [3.63, 3.8) is 0 Å². The summed E-state index contributed by atoms with van der Waals surface area (Å²) in [4.78, 5) is 14.4. The maximum atomic E-state index is 10.2. The second kappa shape index (κ2) is 3.87. The number of carbonyl (C=O) groups is 1. The third-order valence-corrected chi connectivity index (χ3v) is 1.95. The fourth-order valence-electron chi connectivity index (χ4n) is 1.35. The van der Waals surface area contributed by atoms with E-state index in [1.807, 2.05) is 24.3 Å². The number of nitrogens with one attached hydrogen (secondary N) is 1. The van der Waals surface area contributed by atoms with Gasteiger partial charge in [-0.2, -0.15) is 0 Å². The van der Waals surface area contributed by atoms with Crippen LogP contribution < -0.4 is 5.32 Å². The Morgan fingerprint density at radius 3 is 3.29 bits per heavy atom. The molecule has 0 atom stereocenters. The van der Waals surface area contributed by atoms with E-state index in [2.05, 4.69) is 16.4 Å². The van der Waals surface area contributed by atoms with Crippen LogP contribution >= 0.6 is 0 Å². The number of nitrogens with zero attached hydrogens (tertiary/aromatic N) is 1. The van der Waals surface area contributed by atoms with Crippen molar-refractivity contribution in [3.8, 4) is 0 Å². The molecule has 0 bridgehead atoms. The fraction of sp³-hybridized carbons (Fsp3) is 0.0909. The van der Waals surface area contributed by atoms with Crippen LogP contribution in [-0.4, -0.2) is 17.8 Å². The lowest BCUT2D eigenvalue weighted by atomic mass is 10.2. The van der Waals surface area contributed by atoms with Crippen LogP contribution in [0.1, 0.15) is 0 Å². The Hall–Kier alpha value is -1.90. The quantitative estimate of drug-likeness (QED) is 0.739. The molecule has 1 aromatic carbocycles. The molecule has 0 spiro atoms. The first kappa shape index (κ1) is 8.69. The second-order valence-electron chi connectivity index (χ2n) is 2.86. The molecule has 0 aliphatic rings. The molecule has 0 unspecified atom stereocenters. The molecule has 14 heavy (non-hydrogen) atoms. The zero-order valence-electron chi connectivity index (χ0n) is 7.53. The van der Waals surface area contributed by atoms with Crippen LogP contribution in [0.3, 0.4) is 0 Å². The van der Waals surface area contributed by atoms with Crippen molar-refractivity contribution in [1.82, 2.24) is 4.98 Å². The summed E-state index contributed by atoms with van der Waals surface area (Å²) in [6.45, 7) is 0.305. The highest BCUT2D eigenvalue weighted by Gasteiger charge is 1.99. The number of carbonyl (C=O) groups excluding carboxylic acids is 1. The molecule has 0 aliphatic carbocycles. The van der Waals surface area contributed by atoms with Crippen LogP contribution in [0.4, 0.5) is 5.69 Å². The van der Waals surface area contributed by atoms with E-state index in [0.717, 1.165) is 22.9 Å². The number of aldehydes is 1. The number of fused-ring (bicyclic) bond motifs is 1. The van der Waals surface area contributed by atoms with Gasteiger partial charge in [-0.25, -0.2) is 0 Å². The summed E-state index contributed by atoms with van der Waals surface area (Å²) in [5.41, 5.74) is 1.75. The number of pyridine rings is 1. The van der Waals surface area contributed by atoms with Gasteiger partial charge in [-0.3, -0.25) is 4.98 Å². The van der Waals surface area contributed by atoms with Gasteiger partial charge in [0.05, 0.1) is 17.7 Å². The average molecular weight is 185 g/mol. The van der Waals surface area contributed by atoms with Gasteiger partial charge in [-0.05, 0) is 12.1 Å². The summed E-state index contributed by atoms with van der Waals surface area (Å²) in [5.74, 6) is 0. The van der Waals surface area contributed by atoms with Gasteiger partial charge in [0, 0.05) is 17.6 Å². The molecule has 0 aliphatic heterocycles. The molecule has 1 heterocycles. The molecule has 69 valence electrons. The van der Waals surface area contributed by atoms with Gasteiger partial charge in [0.1, 0.15) is 6.29 Å². The van der Waals surface area contributed by atoms with E-state index in [-0.39, 0.29) is 0 Å². The molecular weight excluding hydrogens is 176 g/mol. The largest absolute Gasteiger partial charge is 0.376 e. The van der Waals surface area contributed by atoms with Crippen molar-refractivity contribution in [1.29, 1.82) is 0 Å². The zero-order chi connectivity index (χ0) is 9.80. The number of aromatic nitrogens is 1. The predicted octanol–water partition coefficient (Wildman–Crippen LogP) is 1.65. The summed E-state index contributed by atoms with van der Waals surface area (Å²) in [6, 6.07) is 10.6. The molecule has 2 rings (SSSR count). The maximum Gasteiger partial charge on any atom is 0.139 e.